The lowest BCUT2D eigenvalue weighted by atomic mass is 10.2. The number of hydrogen-bond acceptors (Lipinski definition) is 4. The lowest BCUT2D eigenvalue weighted by molar-refractivity contribution is 0.459. The fourth-order valence-corrected chi connectivity index (χ4v) is 0.914. The van der Waals surface area contributed by atoms with Gasteiger partial charge >= 0.3 is 0 Å². The summed E-state index contributed by atoms with van der Waals surface area (Å²) in [6.07, 6.45) is 1.36. The van der Waals surface area contributed by atoms with Crippen molar-refractivity contribution in [2.45, 2.75) is 0 Å². The number of phenols is 2. The van der Waals surface area contributed by atoms with E-state index in [1.165, 1.54) is 24.4 Å². The smallest absolute Gasteiger partial charge is 0.186 e. The Bertz CT molecular complexity index is 393. The first-order valence-electron chi connectivity index (χ1n) is 4.16. The van der Waals surface area contributed by atoms with Crippen LogP contribution in [0.25, 0.3) is 0 Å². The maximum atomic E-state index is 9.38. The Labute approximate surface area is 92.4 Å². The highest BCUT2D eigenvalue weighted by molar-refractivity contribution is 7.80. The Morgan fingerprint density at radius 1 is 1.47 bits per heavy atom. The predicted molar refractivity (Wildman–Crippen MR) is 62.2 cm³/mol. The van der Waals surface area contributed by atoms with Crippen molar-refractivity contribution in [1.82, 2.24) is 10.7 Å². The van der Waals surface area contributed by atoms with Crippen LogP contribution in [0.3, 0.4) is 0 Å². The lowest BCUT2D eigenvalue weighted by Gasteiger charge is -2.01. The molecule has 0 saturated carbocycles. The number of thiocarbonyl (C=S) groups is 1. The second-order valence-corrected chi connectivity index (χ2v) is 3.10. The Kier molecular flexibility index (Phi) is 3.87. The van der Waals surface area contributed by atoms with Crippen LogP contribution in [-0.2, 0) is 0 Å². The summed E-state index contributed by atoms with van der Waals surface area (Å²) < 4.78 is 0. The van der Waals surface area contributed by atoms with Gasteiger partial charge in [-0.2, -0.15) is 5.10 Å². The highest BCUT2D eigenvalue weighted by Crippen LogP contribution is 2.19. The van der Waals surface area contributed by atoms with Crippen LogP contribution in [0, 0.1) is 0 Å². The van der Waals surface area contributed by atoms with E-state index in [1.807, 2.05) is 0 Å². The van der Waals surface area contributed by atoms with Gasteiger partial charge in [-0.05, 0) is 30.4 Å². The Morgan fingerprint density at radius 3 is 2.87 bits per heavy atom. The highest BCUT2D eigenvalue weighted by Gasteiger charge is 1.98. The average Bonchev–Trinajstić information content (AvgIpc) is 2.23. The average molecular weight is 225 g/mol. The van der Waals surface area contributed by atoms with E-state index in [0.717, 1.165) is 0 Å². The van der Waals surface area contributed by atoms with Crippen molar-refractivity contribution >= 4 is 23.5 Å². The van der Waals surface area contributed by atoms with Crippen molar-refractivity contribution in [1.29, 1.82) is 0 Å². The van der Waals surface area contributed by atoms with Gasteiger partial charge in [-0.3, -0.25) is 5.43 Å². The molecular weight excluding hydrogens is 214 g/mol. The number of phenolic OH excluding ortho intramolecular Hbond substituents is 2. The summed E-state index contributed by atoms with van der Waals surface area (Å²) in [6.45, 7) is 0. The molecule has 0 spiro atoms. The van der Waals surface area contributed by atoms with E-state index in [9.17, 15) is 5.11 Å². The first kappa shape index (κ1) is 11.3. The van der Waals surface area contributed by atoms with Gasteiger partial charge in [0.1, 0.15) is 11.5 Å². The van der Waals surface area contributed by atoms with Crippen LogP contribution in [0.2, 0.25) is 0 Å². The normalized spacial score (nSPS) is 10.2. The molecule has 0 saturated heterocycles. The number of rotatable bonds is 2. The summed E-state index contributed by atoms with van der Waals surface area (Å²) in [7, 11) is 1.66. The first-order chi connectivity index (χ1) is 7.13. The zero-order valence-corrected chi connectivity index (χ0v) is 8.88. The molecule has 0 amide bonds. The van der Waals surface area contributed by atoms with Crippen LogP contribution in [0.5, 0.6) is 11.5 Å². The zero-order chi connectivity index (χ0) is 11.3. The van der Waals surface area contributed by atoms with Gasteiger partial charge in [0.05, 0.1) is 6.21 Å². The number of nitrogens with one attached hydrogen (secondary N) is 2. The van der Waals surface area contributed by atoms with Gasteiger partial charge in [-0.1, -0.05) is 0 Å². The summed E-state index contributed by atoms with van der Waals surface area (Å²) in [5.41, 5.74) is 2.93. The van der Waals surface area contributed by atoms with Gasteiger partial charge in [0, 0.05) is 12.6 Å². The first-order valence-corrected chi connectivity index (χ1v) is 4.57. The van der Waals surface area contributed by atoms with E-state index in [1.54, 1.807) is 7.05 Å². The summed E-state index contributed by atoms with van der Waals surface area (Å²) in [5, 5.41) is 25.3. The Balaban J connectivity index is 2.71. The quantitative estimate of drug-likeness (QED) is 0.255. The second kappa shape index (κ2) is 5.16. The summed E-state index contributed by atoms with van der Waals surface area (Å²) in [6, 6.07) is 4.16. The number of benzene rings is 1. The third-order valence-electron chi connectivity index (χ3n) is 1.61. The Morgan fingerprint density at radius 2 is 2.20 bits per heavy atom. The summed E-state index contributed by atoms with van der Waals surface area (Å²) >= 11 is 4.78. The van der Waals surface area contributed by atoms with Crippen LogP contribution < -0.4 is 10.7 Å². The molecule has 0 heterocycles. The van der Waals surface area contributed by atoms with Gasteiger partial charge in [-0.25, -0.2) is 0 Å². The Hall–Kier alpha value is -1.82. The molecular formula is C9H11N3O2S. The van der Waals surface area contributed by atoms with Crippen molar-refractivity contribution in [3.05, 3.63) is 23.8 Å². The molecule has 1 aromatic rings. The second-order valence-electron chi connectivity index (χ2n) is 2.69. The molecule has 80 valence electrons. The van der Waals surface area contributed by atoms with Crippen LogP contribution in [0.15, 0.2) is 23.3 Å². The predicted octanol–water partition coefficient (Wildman–Crippen LogP) is 0.526. The van der Waals surface area contributed by atoms with Gasteiger partial charge in [-0.15, -0.1) is 0 Å². The van der Waals surface area contributed by atoms with Crippen molar-refractivity contribution < 1.29 is 10.2 Å². The maximum absolute atomic E-state index is 9.38. The van der Waals surface area contributed by atoms with Crippen molar-refractivity contribution in [3.8, 4) is 11.5 Å². The molecule has 0 aliphatic rings. The minimum Gasteiger partial charge on any atom is -0.508 e. The SMILES string of the molecule is CNC(=S)N/N=C/c1cc(O)ccc1O. The standard InChI is InChI=1S/C9H11N3O2S/c1-10-9(15)12-11-5-6-4-7(13)2-3-8(6)14/h2-5,13-14H,1H3,(H2,10,12,15)/b11-5+. The number of hydrazone groups is 1. The van der Waals surface area contributed by atoms with Gasteiger partial charge in [0.15, 0.2) is 5.11 Å². The largest absolute Gasteiger partial charge is 0.508 e. The topological polar surface area (TPSA) is 76.9 Å². The van der Waals surface area contributed by atoms with Gasteiger partial charge in [0.25, 0.3) is 0 Å². The van der Waals surface area contributed by atoms with E-state index in [4.69, 9.17) is 17.3 Å². The number of nitrogens with zero attached hydrogens (tertiary/aromatic N) is 1. The molecule has 0 radical (unpaired) electrons. The van der Waals surface area contributed by atoms with Gasteiger partial charge in [0.2, 0.25) is 0 Å². The lowest BCUT2D eigenvalue weighted by Crippen LogP contribution is -2.28. The van der Waals surface area contributed by atoms with Crippen molar-refractivity contribution in [2.24, 2.45) is 5.10 Å². The van der Waals surface area contributed by atoms with Crippen LogP contribution >= 0.6 is 12.2 Å². The number of hydrogen-bond donors (Lipinski definition) is 4. The minimum absolute atomic E-state index is 0.0359. The van der Waals surface area contributed by atoms with Gasteiger partial charge < -0.3 is 15.5 Å². The molecule has 15 heavy (non-hydrogen) atoms. The molecule has 5 nitrogen and oxygen atoms in total. The molecule has 0 aromatic heterocycles. The third-order valence-corrected chi connectivity index (χ3v) is 1.90. The molecule has 0 fully saturated rings. The van der Waals surface area contributed by atoms with Crippen LogP contribution in [-0.4, -0.2) is 28.6 Å². The molecule has 1 aromatic carbocycles. The van der Waals surface area contributed by atoms with Crippen LogP contribution in [0.1, 0.15) is 5.56 Å². The third kappa shape index (κ3) is 3.43. The van der Waals surface area contributed by atoms with E-state index in [2.05, 4.69) is 15.8 Å². The van der Waals surface area contributed by atoms with Crippen molar-refractivity contribution in [3.63, 3.8) is 0 Å². The molecule has 0 unspecified atom stereocenters. The molecule has 0 aliphatic carbocycles. The fraction of sp³-hybridized carbons (Fsp3) is 0.111. The van der Waals surface area contributed by atoms with E-state index in [-0.39, 0.29) is 11.5 Å². The van der Waals surface area contributed by atoms with E-state index in [0.29, 0.717) is 10.7 Å². The monoisotopic (exact) mass is 225 g/mol. The van der Waals surface area contributed by atoms with E-state index >= 15 is 0 Å². The van der Waals surface area contributed by atoms with Crippen molar-refractivity contribution in [2.75, 3.05) is 7.05 Å². The van der Waals surface area contributed by atoms with Crippen LogP contribution in [0.4, 0.5) is 0 Å². The maximum Gasteiger partial charge on any atom is 0.186 e. The molecule has 0 atom stereocenters. The highest BCUT2D eigenvalue weighted by atomic mass is 32.1. The molecule has 6 heteroatoms. The fourth-order valence-electron chi connectivity index (χ4n) is 0.862. The minimum atomic E-state index is 0.0359. The molecule has 4 N–H and O–H groups in total. The molecule has 0 aliphatic heterocycles. The zero-order valence-electron chi connectivity index (χ0n) is 8.06. The number of aromatic hydroxyl groups is 2. The summed E-state index contributed by atoms with van der Waals surface area (Å²) in [4.78, 5) is 0. The summed E-state index contributed by atoms with van der Waals surface area (Å²) in [5.74, 6) is 0.0965. The molecule has 1 rings (SSSR count). The molecule has 0 bridgehead atoms. The van der Waals surface area contributed by atoms with E-state index < -0.39 is 0 Å².